The number of rotatable bonds is 4. The molecule has 6 nitrogen and oxygen atoms in total. The van der Waals surface area contributed by atoms with Crippen molar-refractivity contribution in [1.29, 1.82) is 0 Å². The van der Waals surface area contributed by atoms with Gasteiger partial charge in [0.1, 0.15) is 4.47 Å². The minimum atomic E-state index is -0.534. The van der Waals surface area contributed by atoms with Gasteiger partial charge in [0.25, 0.3) is 11.6 Å². The third-order valence-electron chi connectivity index (χ3n) is 3.00. The molecule has 0 radical (unpaired) electrons. The van der Waals surface area contributed by atoms with Crippen molar-refractivity contribution in [2.45, 2.75) is 13.5 Å². The Morgan fingerprint density at radius 1 is 1.43 bits per heavy atom. The van der Waals surface area contributed by atoms with Crippen molar-refractivity contribution in [3.8, 4) is 0 Å². The summed E-state index contributed by atoms with van der Waals surface area (Å²) in [6.45, 7) is 2.24. The van der Waals surface area contributed by atoms with Crippen molar-refractivity contribution < 1.29 is 9.72 Å². The fourth-order valence-corrected chi connectivity index (χ4v) is 2.40. The average Bonchev–Trinajstić information content (AvgIpc) is 2.46. The van der Waals surface area contributed by atoms with Crippen molar-refractivity contribution in [1.82, 2.24) is 10.3 Å². The predicted molar refractivity (Wildman–Crippen MR) is 80.9 cm³/mol. The van der Waals surface area contributed by atoms with E-state index in [9.17, 15) is 14.9 Å². The SMILES string of the molecule is Cc1cnccc1CNC(=O)c1cccc([N+](=O)[O-])c1Br. The molecule has 1 amide bonds. The van der Waals surface area contributed by atoms with Gasteiger partial charge in [0, 0.05) is 25.0 Å². The number of nitrogens with one attached hydrogen (secondary N) is 1. The monoisotopic (exact) mass is 349 g/mol. The Balaban J connectivity index is 2.16. The number of hydrogen-bond acceptors (Lipinski definition) is 4. The highest BCUT2D eigenvalue weighted by atomic mass is 79.9. The minimum Gasteiger partial charge on any atom is -0.348 e. The van der Waals surface area contributed by atoms with E-state index in [2.05, 4.69) is 26.2 Å². The molecule has 0 atom stereocenters. The zero-order valence-corrected chi connectivity index (χ0v) is 12.8. The van der Waals surface area contributed by atoms with Gasteiger partial charge in [0.2, 0.25) is 0 Å². The molecule has 21 heavy (non-hydrogen) atoms. The molecule has 0 bridgehead atoms. The van der Waals surface area contributed by atoms with Gasteiger partial charge in [-0.1, -0.05) is 6.07 Å². The summed E-state index contributed by atoms with van der Waals surface area (Å²) in [7, 11) is 0. The number of aryl methyl sites for hydroxylation is 1. The van der Waals surface area contributed by atoms with Crippen LogP contribution >= 0.6 is 15.9 Å². The van der Waals surface area contributed by atoms with Crippen LogP contribution in [-0.4, -0.2) is 15.8 Å². The number of nitro benzene ring substituents is 1. The Kier molecular flexibility index (Phi) is 4.64. The maximum atomic E-state index is 12.1. The number of carbonyl (C=O) groups excluding carboxylic acids is 1. The first-order valence-corrected chi connectivity index (χ1v) is 6.90. The second-order valence-corrected chi connectivity index (χ2v) is 5.17. The van der Waals surface area contributed by atoms with Gasteiger partial charge >= 0.3 is 0 Å². The van der Waals surface area contributed by atoms with Gasteiger partial charge in [-0.3, -0.25) is 19.9 Å². The number of benzene rings is 1. The van der Waals surface area contributed by atoms with E-state index in [-0.39, 0.29) is 21.6 Å². The molecule has 0 saturated heterocycles. The zero-order chi connectivity index (χ0) is 15.4. The fraction of sp³-hybridized carbons (Fsp3) is 0.143. The van der Waals surface area contributed by atoms with Crippen LogP contribution in [0.1, 0.15) is 21.5 Å². The summed E-state index contributed by atoms with van der Waals surface area (Å²) in [6.07, 6.45) is 3.36. The summed E-state index contributed by atoms with van der Waals surface area (Å²) < 4.78 is 0.180. The van der Waals surface area contributed by atoms with E-state index in [1.54, 1.807) is 12.4 Å². The molecule has 2 rings (SSSR count). The Bertz CT molecular complexity index is 704. The molecule has 1 aromatic heterocycles. The zero-order valence-electron chi connectivity index (χ0n) is 11.2. The molecular weight excluding hydrogens is 338 g/mol. The van der Waals surface area contributed by atoms with E-state index in [1.807, 2.05) is 13.0 Å². The molecule has 7 heteroatoms. The van der Waals surface area contributed by atoms with Crippen LogP contribution in [-0.2, 0) is 6.54 Å². The molecular formula is C14H12BrN3O3. The maximum absolute atomic E-state index is 12.1. The molecule has 2 aromatic rings. The van der Waals surface area contributed by atoms with Crippen LogP contribution in [0.5, 0.6) is 0 Å². The number of aromatic nitrogens is 1. The molecule has 0 aliphatic rings. The van der Waals surface area contributed by atoms with Gasteiger partial charge in [0.05, 0.1) is 10.5 Å². The Morgan fingerprint density at radius 3 is 2.86 bits per heavy atom. The second-order valence-electron chi connectivity index (χ2n) is 4.38. The van der Waals surface area contributed by atoms with E-state index in [1.165, 1.54) is 18.2 Å². The van der Waals surface area contributed by atoms with Crippen molar-refractivity contribution in [3.05, 3.63) is 67.9 Å². The largest absolute Gasteiger partial charge is 0.348 e. The maximum Gasteiger partial charge on any atom is 0.284 e. The molecule has 0 fully saturated rings. The topological polar surface area (TPSA) is 85.1 Å². The molecule has 1 aromatic carbocycles. The number of amides is 1. The highest BCUT2D eigenvalue weighted by molar-refractivity contribution is 9.10. The van der Waals surface area contributed by atoms with Gasteiger partial charge in [-0.05, 0) is 46.1 Å². The van der Waals surface area contributed by atoms with E-state index >= 15 is 0 Å². The smallest absolute Gasteiger partial charge is 0.284 e. The van der Waals surface area contributed by atoms with Crippen LogP contribution in [0.2, 0.25) is 0 Å². The van der Waals surface area contributed by atoms with Crippen molar-refractivity contribution in [2.24, 2.45) is 0 Å². The van der Waals surface area contributed by atoms with Gasteiger partial charge in [-0.2, -0.15) is 0 Å². The Morgan fingerprint density at radius 2 is 2.19 bits per heavy atom. The lowest BCUT2D eigenvalue weighted by atomic mass is 10.1. The summed E-state index contributed by atoms with van der Waals surface area (Å²) in [5, 5.41) is 13.6. The normalized spacial score (nSPS) is 10.2. The summed E-state index contributed by atoms with van der Waals surface area (Å²) >= 11 is 3.11. The minimum absolute atomic E-state index is 0.136. The second kappa shape index (κ2) is 6.45. The van der Waals surface area contributed by atoms with Gasteiger partial charge < -0.3 is 5.32 Å². The van der Waals surface area contributed by atoms with Crippen molar-refractivity contribution in [3.63, 3.8) is 0 Å². The highest BCUT2D eigenvalue weighted by Crippen LogP contribution is 2.28. The number of pyridine rings is 1. The first kappa shape index (κ1) is 15.1. The summed E-state index contributed by atoms with van der Waals surface area (Å²) in [4.78, 5) is 26.4. The summed E-state index contributed by atoms with van der Waals surface area (Å²) in [5.41, 5.74) is 2.01. The molecule has 1 N–H and O–H groups in total. The molecule has 0 aliphatic carbocycles. The van der Waals surface area contributed by atoms with Crippen molar-refractivity contribution in [2.75, 3.05) is 0 Å². The van der Waals surface area contributed by atoms with Gasteiger partial charge in [0.15, 0.2) is 0 Å². The fourth-order valence-electron chi connectivity index (χ4n) is 1.81. The number of nitrogens with zero attached hydrogens (tertiary/aromatic N) is 2. The van der Waals surface area contributed by atoms with Crippen LogP contribution in [0.25, 0.3) is 0 Å². The lowest BCUT2D eigenvalue weighted by Crippen LogP contribution is -2.23. The van der Waals surface area contributed by atoms with Crippen LogP contribution < -0.4 is 5.32 Å². The lowest BCUT2D eigenvalue weighted by molar-refractivity contribution is -0.385. The van der Waals surface area contributed by atoms with Crippen LogP contribution in [0, 0.1) is 17.0 Å². The first-order valence-electron chi connectivity index (χ1n) is 6.11. The Hall–Kier alpha value is -2.28. The lowest BCUT2D eigenvalue weighted by Gasteiger charge is -2.08. The molecule has 108 valence electrons. The van der Waals surface area contributed by atoms with Gasteiger partial charge in [-0.15, -0.1) is 0 Å². The third kappa shape index (κ3) is 3.43. The summed E-state index contributed by atoms with van der Waals surface area (Å²) in [6, 6.07) is 6.17. The van der Waals surface area contributed by atoms with Gasteiger partial charge in [-0.25, -0.2) is 0 Å². The van der Waals surface area contributed by atoms with E-state index < -0.39 is 4.92 Å². The van der Waals surface area contributed by atoms with Crippen LogP contribution in [0.4, 0.5) is 5.69 Å². The molecule has 1 heterocycles. The number of halogens is 1. The number of nitro groups is 1. The summed E-state index contributed by atoms with van der Waals surface area (Å²) in [5.74, 6) is -0.373. The molecule has 0 aliphatic heterocycles. The molecule has 0 unspecified atom stereocenters. The molecule has 0 spiro atoms. The quantitative estimate of drug-likeness (QED) is 0.679. The van der Waals surface area contributed by atoms with E-state index in [0.717, 1.165) is 11.1 Å². The van der Waals surface area contributed by atoms with E-state index in [0.29, 0.717) is 6.54 Å². The van der Waals surface area contributed by atoms with E-state index in [4.69, 9.17) is 0 Å². The predicted octanol–water partition coefficient (Wildman–Crippen LogP) is 2.99. The standard InChI is InChI=1S/C14H12BrN3O3/c1-9-7-16-6-5-10(9)8-17-14(19)11-3-2-4-12(13(11)15)18(20)21/h2-7H,8H2,1H3,(H,17,19). The number of hydrogen-bond donors (Lipinski definition) is 1. The average molecular weight is 350 g/mol. The van der Waals surface area contributed by atoms with Crippen LogP contribution in [0.3, 0.4) is 0 Å². The third-order valence-corrected chi connectivity index (χ3v) is 3.83. The first-order chi connectivity index (χ1) is 10.0. The van der Waals surface area contributed by atoms with Crippen LogP contribution in [0.15, 0.2) is 41.1 Å². The van der Waals surface area contributed by atoms with Crippen molar-refractivity contribution >= 4 is 27.5 Å². The molecule has 0 saturated carbocycles. The highest BCUT2D eigenvalue weighted by Gasteiger charge is 2.19. The Labute approximate surface area is 129 Å². The number of carbonyl (C=O) groups is 1.